The van der Waals surface area contributed by atoms with Crippen molar-refractivity contribution in [3.63, 3.8) is 0 Å². The molecule has 0 radical (unpaired) electrons. The molecular weight excluding hydrogens is 565 g/mol. The molecule has 2 aromatic carbocycles. The van der Waals surface area contributed by atoms with Gasteiger partial charge >= 0.3 is 0 Å². The molecule has 1 saturated carbocycles. The number of benzene rings is 2. The van der Waals surface area contributed by atoms with Crippen LogP contribution in [0.15, 0.2) is 48.5 Å². The lowest BCUT2D eigenvalue weighted by atomic mass is 9.76. The third-order valence-electron chi connectivity index (χ3n) is 8.66. The minimum atomic E-state index is -0.236. The average molecular weight is 624 g/mol. The van der Waals surface area contributed by atoms with Crippen LogP contribution in [-0.2, 0) is 33.6 Å². The van der Waals surface area contributed by atoms with Crippen LogP contribution in [0.4, 0.5) is 4.39 Å². The summed E-state index contributed by atoms with van der Waals surface area (Å²) in [6.45, 7) is 11.3. The van der Waals surface area contributed by atoms with E-state index in [4.69, 9.17) is 0 Å². The Bertz CT molecular complexity index is 1090. The van der Waals surface area contributed by atoms with Gasteiger partial charge in [0.1, 0.15) is 5.82 Å². The highest BCUT2D eigenvalue weighted by Crippen LogP contribution is 2.35. The largest absolute Gasteiger partial charge is 0.356 e. The molecule has 3 aliphatic rings. The predicted octanol–water partition coefficient (Wildman–Crippen LogP) is 7.42. The summed E-state index contributed by atoms with van der Waals surface area (Å²) in [5.74, 6) is 1.70. The summed E-state index contributed by atoms with van der Waals surface area (Å²) >= 11 is 0. The van der Waals surface area contributed by atoms with Crippen molar-refractivity contribution >= 4 is 18.7 Å². The zero-order valence-electron chi connectivity index (χ0n) is 28.5. The third-order valence-corrected chi connectivity index (χ3v) is 8.66. The summed E-state index contributed by atoms with van der Waals surface area (Å²) in [6, 6.07) is 15.2. The molecule has 2 fully saturated rings. The Morgan fingerprint density at radius 1 is 0.867 bits per heavy atom. The zero-order chi connectivity index (χ0) is 33.1. The van der Waals surface area contributed by atoms with E-state index in [9.17, 15) is 18.8 Å². The number of nitrogens with zero attached hydrogens (tertiary/aromatic N) is 1. The quantitative estimate of drug-likeness (QED) is 0.329. The fraction of sp³-hybridized carbons (Fsp3) is 0.605. The van der Waals surface area contributed by atoms with Crippen LogP contribution in [0.3, 0.4) is 0 Å². The molecule has 6 nitrogen and oxygen atoms in total. The normalized spacial score (nSPS) is 17.3. The number of halogens is 1. The second kappa shape index (κ2) is 20.7. The smallest absolute Gasteiger partial charge is 0.217 e. The first-order chi connectivity index (χ1) is 21.5. The summed E-state index contributed by atoms with van der Waals surface area (Å²) < 4.78 is 12.5. The van der Waals surface area contributed by atoms with Crippen molar-refractivity contribution < 1.29 is 18.8 Å². The Hall–Kier alpha value is -3.22. The second-order valence-electron chi connectivity index (χ2n) is 13.8. The lowest BCUT2D eigenvalue weighted by molar-refractivity contribution is -0.120. The Morgan fingerprint density at radius 3 is 1.84 bits per heavy atom. The van der Waals surface area contributed by atoms with Gasteiger partial charge in [0.25, 0.3) is 0 Å². The summed E-state index contributed by atoms with van der Waals surface area (Å²) in [4.78, 5) is 32.9. The van der Waals surface area contributed by atoms with Crippen LogP contribution in [0, 0.1) is 17.7 Å². The summed E-state index contributed by atoms with van der Waals surface area (Å²) in [5.41, 5.74) is 4.09. The van der Waals surface area contributed by atoms with Crippen molar-refractivity contribution in [3.05, 3.63) is 71.0 Å². The maximum atomic E-state index is 12.5. The first-order valence-electron chi connectivity index (χ1n) is 17.0. The number of carbonyl (C=O) groups excluding carboxylic acids is 3. The number of carbonyl (C=O) groups is 3. The third kappa shape index (κ3) is 16.6. The van der Waals surface area contributed by atoms with Gasteiger partial charge in [-0.3, -0.25) is 14.4 Å². The van der Waals surface area contributed by atoms with Crippen LogP contribution < -0.4 is 10.6 Å². The van der Waals surface area contributed by atoms with Gasteiger partial charge in [0, 0.05) is 31.6 Å². The molecule has 1 aliphatic heterocycles. The molecule has 0 spiro atoms. The minimum Gasteiger partial charge on any atom is -0.356 e. The standard InChI is InChI=1S/C12H21NO.C10H12FNO.C10H12.C6H13NO/c14-10-13-8-6-12(7-9-13)11-4-2-1-3-5-11;1-8(12-7-13)6-9-2-4-10(11)5-3-9;1-2-6-10-8-4-3-7-9(10)5-1;1-5(8)7-6(2,3)4/h10-12H,1-9H2;2-5,7-8H,6H2,1H3,(H,12,13);1-2,5-6H,3-4,7-8H2;1-4H3,(H,7,8)/t;8-;;/m.0../s1. The van der Waals surface area contributed by atoms with Gasteiger partial charge in [0.2, 0.25) is 18.7 Å². The number of hydrogen-bond donors (Lipinski definition) is 2. The van der Waals surface area contributed by atoms with Crippen LogP contribution in [0.1, 0.15) is 109 Å². The van der Waals surface area contributed by atoms with E-state index >= 15 is 0 Å². The van der Waals surface area contributed by atoms with E-state index in [1.807, 2.05) is 32.6 Å². The SMILES string of the molecule is CC(=O)NC(C)(C)C.C[C@@H](Cc1ccc(F)cc1)NC=O.O=CN1CCC(C2CCCCC2)CC1.c1ccc2c(c1)CCCC2. The number of rotatable bonds is 6. The van der Waals surface area contributed by atoms with E-state index < -0.39 is 0 Å². The highest BCUT2D eigenvalue weighted by molar-refractivity contribution is 5.73. The lowest BCUT2D eigenvalue weighted by Gasteiger charge is -2.36. The van der Waals surface area contributed by atoms with Gasteiger partial charge in [-0.05, 0) is 113 Å². The molecule has 1 atom stereocenters. The van der Waals surface area contributed by atoms with Gasteiger partial charge in [0.15, 0.2) is 0 Å². The Labute approximate surface area is 271 Å². The van der Waals surface area contributed by atoms with E-state index in [2.05, 4.69) is 34.9 Å². The van der Waals surface area contributed by atoms with E-state index in [-0.39, 0.29) is 23.3 Å². The van der Waals surface area contributed by atoms with Crippen LogP contribution in [-0.4, -0.2) is 48.3 Å². The van der Waals surface area contributed by atoms with Crippen molar-refractivity contribution in [1.82, 2.24) is 15.5 Å². The maximum absolute atomic E-state index is 12.5. The monoisotopic (exact) mass is 623 g/mol. The predicted molar refractivity (Wildman–Crippen MR) is 182 cm³/mol. The first kappa shape index (κ1) is 38.0. The zero-order valence-corrected chi connectivity index (χ0v) is 28.5. The fourth-order valence-electron chi connectivity index (χ4n) is 6.46. The molecule has 1 saturated heterocycles. The highest BCUT2D eigenvalue weighted by Gasteiger charge is 2.26. The Morgan fingerprint density at radius 2 is 1.40 bits per heavy atom. The van der Waals surface area contributed by atoms with E-state index in [1.54, 1.807) is 23.3 Å². The molecule has 0 aromatic heterocycles. The van der Waals surface area contributed by atoms with Gasteiger partial charge < -0.3 is 15.5 Å². The van der Waals surface area contributed by atoms with Crippen LogP contribution in [0.2, 0.25) is 0 Å². The highest BCUT2D eigenvalue weighted by atomic mass is 19.1. The van der Waals surface area contributed by atoms with Crippen LogP contribution in [0.25, 0.3) is 0 Å². The van der Waals surface area contributed by atoms with Crippen molar-refractivity contribution in [2.75, 3.05) is 13.1 Å². The molecular formula is C38H58FN3O3. The molecule has 250 valence electrons. The van der Waals surface area contributed by atoms with Crippen molar-refractivity contribution in [1.29, 1.82) is 0 Å². The molecule has 2 N–H and O–H groups in total. The van der Waals surface area contributed by atoms with Crippen molar-refractivity contribution in [2.45, 2.75) is 123 Å². The summed E-state index contributed by atoms with van der Waals surface area (Å²) in [5, 5.41) is 5.38. The van der Waals surface area contributed by atoms with E-state index in [0.29, 0.717) is 6.41 Å². The molecule has 5 rings (SSSR count). The van der Waals surface area contributed by atoms with Gasteiger partial charge in [-0.25, -0.2) is 4.39 Å². The number of likely N-dealkylation sites (tertiary alicyclic amines) is 1. The number of hydrogen-bond acceptors (Lipinski definition) is 3. The number of piperidine rings is 1. The molecule has 2 aromatic rings. The second-order valence-corrected chi connectivity index (χ2v) is 13.8. The van der Waals surface area contributed by atoms with E-state index in [0.717, 1.165) is 43.3 Å². The van der Waals surface area contributed by atoms with Crippen molar-refractivity contribution in [3.8, 4) is 0 Å². The summed E-state index contributed by atoms with van der Waals surface area (Å²) in [6.07, 6.45) is 17.5. The van der Waals surface area contributed by atoms with Gasteiger partial charge in [-0.2, -0.15) is 0 Å². The maximum Gasteiger partial charge on any atom is 0.217 e. The Kier molecular flexibility index (Phi) is 17.5. The van der Waals surface area contributed by atoms with E-state index in [1.165, 1.54) is 89.7 Å². The molecule has 45 heavy (non-hydrogen) atoms. The molecule has 0 bridgehead atoms. The van der Waals surface area contributed by atoms with Crippen LogP contribution >= 0.6 is 0 Å². The number of amides is 3. The van der Waals surface area contributed by atoms with Gasteiger partial charge in [-0.15, -0.1) is 0 Å². The molecule has 0 unspecified atom stereocenters. The number of aryl methyl sites for hydroxylation is 2. The molecule has 1 heterocycles. The van der Waals surface area contributed by atoms with Crippen LogP contribution in [0.5, 0.6) is 0 Å². The fourth-order valence-corrected chi connectivity index (χ4v) is 6.46. The first-order valence-corrected chi connectivity index (χ1v) is 17.0. The van der Waals surface area contributed by atoms with Gasteiger partial charge in [-0.1, -0.05) is 68.5 Å². The van der Waals surface area contributed by atoms with Crippen molar-refractivity contribution in [2.24, 2.45) is 11.8 Å². The topological polar surface area (TPSA) is 78.5 Å². The average Bonchev–Trinajstić information content (AvgIpc) is 3.03. The van der Waals surface area contributed by atoms with Gasteiger partial charge in [0.05, 0.1) is 0 Å². The number of nitrogens with one attached hydrogen (secondary N) is 2. The lowest BCUT2D eigenvalue weighted by Crippen LogP contribution is -2.38. The number of fused-ring (bicyclic) bond motifs is 1. The Balaban J connectivity index is 0.000000214. The molecule has 3 amide bonds. The molecule has 2 aliphatic carbocycles. The minimum absolute atomic E-state index is 0.0255. The summed E-state index contributed by atoms with van der Waals surface area (Å²) in [7, 11) is 0. The molecule has 7 heteroatoms.